The van der Waals surface area contributed by atoms with Crippen molar-refractivity contribution in [3.05, 3.63) is 200 Å². The van der Waals surface area contributed by atoms with Crippen LogP contribution in [0.15, 0.2) is 209 Å². The van der Waals surface area contributed by atoms with Gasteiger partial charge in [0.15, 0.2) is 17.5 Å². The van der Waals surface area contributed by atoms with E-state index in [1.165, 1.54) is 5.56 Å². The molecule has 13 rings (SSSR count). The fourth-order valence-electron chi connectivity index (χ4n) is 9.23. The minimum atomic E-state index is 0.590. The number of aromatic nitrogens is 3. The Morgan fingerprint density at radius 3 is 1.61 bits per heavy atom. The van der Waals surface area contributed by atoms with E-state index in [0.29, 0.717) is 17.5 Å². The highest BCUT2D eigenvalue weighted by molar-refractivity contribution is 6.16. The van der Waals surface area contributed by atoms with E-state index in [-0.39, 0.29) is 0 Å². The van der Waals surface area contributed by atoms with Crippen LogP contribution in [-0.4, -0.2) is 15.0 Å². The third-order valence-corrected chi connectivity index (χ3v) is 12.2. The molecule has 0 unspecified atom stereocenters. The van der Waals surface area contributed by atoms with Crippen LogP contribution in [0.1, 0.15) is 0 Å². The standard InChI is InChI=1S/C57H33N3O2/c1-2-11-34(12-3-1)36-23-21-35-22-25-39(29-41(35)27-36)55-58-56(40-26-24-37-31-49-45-15-6-8-18-50(45)62-53(49)33-42(37)30-40)60-57(59-55)43-28-38-13-4-5-14-44(38)48(32-43)46-17-10-20-52-54(46)47-16-7-9-19-51(47)61-52/h1-33H. The molecule has 3 heterocycles. The van der Waals surface area contributed by atoms with Crippen molar-refractivity contribution in [1.29, 1.82) is 0 Å². The molecule has 62 heavy (non-hydrogen) atoms. The normalized spacial score (nSPS) is 11.9. The van der Waals surface area contributed by atoms with E-state index < -0.39 is 0 Å². The average molecular weight is 792 g/mol. The van der Waals surface area contributed by atoms with Gasteiger partial charge in [0.25, 0.3) is 0 Å². The number of fused-ring (bicyclic) bond motifs is 9. The molecule has 0 fully saturated rings. The van der Waals surface area contributed by atoms with Gasteiger partial charge in [-0.05, 0) is 115 Å². The lowest BCUT2D eigenvalue weighted by atomic mass is 9.92. The molecule has 0 atom stereocenters. The topological polar surface area (TPSA) is 65.0 Å². The lowest BCUT2D eigenvalue weighted by Gasteiger charge is -2.13. The van der Waals surface area contributed by atoms with Gasteiger partial charge >= 0.3 is 0 Å². The van der Waals surface area contributed by atoms with Crippen LogP contribution in [0.2, 0.25) is 0 Å². The fourth-order valence-corrected chi connectivity index (χ4v) is 9.23. The van der Waals surface area contributed by atoms with Crippen molar-refractivity contribution in [3.8, 4) is 56.4 Å². The highest BCUT2D eigenvalue weighted by Crippen LogP contribution is 2.42. The van der Waals surface area contributed by atoms with Crippen molar-refractivity contribution >= 4 is 76.2 Å². The molecule has 0 amide bonds. The van der Waals surface area contributed by atoms with Gasteiger partial charge in [-0.25, -0.2) is 15.0 Å². The molecular weight excluding hydrogens is 759 g/mol. The van der Waals surface area contributed by atoms with Crippen LogP contribution in [0, 0.1) is 0 Å². The molecule has 0 spiro atoms. The molecule has 10 aromatic carbocycles. The minimum Gasteiger partial charge on any atom is -0.456 e. The van der Waals surface area contributed by atoms with Gasteiger partial charge < -0.3 is 8.83 Å². The third-order valence-electron chi connectivity index (χ3n) is 12.2. The van der Waals surface area contributed by atoms with Crippen LogP contribution in [-0.2, 0) is 0 Å². The highest BCUT2D eigenvalue weighted by atomic mass is 16.3. The molecule has 0 aliphatic heterocycles. The van der Waals surface area contributed by atoms with Crippen molar-refractivity contribution in [2.45, 2.75) is 0 Å². The first-order valence-electron chi connectivity index (χ1n) is 20.8. The van der Waals surface area contributed by atoms with Crippen molar-refractivity contribution in [3.63, 3.8) is 0 Å². The van der Waals surface area contributed by atoms with E-state index in [1.54, 1.807) is 0 Å². The van der Waals surface area contributed by atoms with Gasteiger partial charge in [0.05, 0.1) is 0 Å². The maximum Gasteiger partial charge on any atom is 0.164 e. The Kier molecular flexibility index (Phi) is 7.54. The van der Waals surface area contributed by atoms with Gasteiger partial charge in [-0.2, -0.15) is 0 Å². The quantitative estimate of drug-likeness (QED) is 0.174. The SMILES string of the molecule is c1ccc(-c2ccc3ccc(-c4nc(-c5ccc6cc7c(cc6c5)oc5ccccc57)nc(-c5cc(-c6cccc7oc8ccccc8c67)c6ccccc6c5)n4)cc3c2)cc1. The second-order valence-electron chi connectivity index (χ2n) is 16.0. The summed E-state index contributed by atoms with van der Waals surface area (Å²) in [5, 5.41) is 11.0. The number of hydrogen-bond acceptors (Lipinski definition) is 5. The van der Waals surface area contributed by atoms with E-state index in [2.05, 4.69) is 164 Å². The number of benzene rings is 10. The summed E-state index contributed by atoms with van der Waals surface area (Å²) in [5.74, 6) is 1.78. The van der Waals surface area contributed by atoms with E-state index in [1.807, 2.05) is 36.4 Å². The number of rotatable bonds is 5. The van der Waals surface area contributed by atoms with Crippen LogP contribution in [0.4, 0.5) is 0 Å². The monoisotopic (exact) mass is 791 g/mol. The molecule has 5 heteroatoms. The zero-order valence-corrected chi connectivity index (χ0v) is 33.2. The van der Waals surface area contributed by atoms with E-state index >= 15 is 0 Å². The molecule has 288 valence electrons. The predicted octanol–water partition coefficient (Wildman–Crippen LogP) is 15.5. The Balaban J connectivity index is 1.03. The van der Waals surface area contributed by atoms with Crippen molar-refractivity contribution in [2.75, 3.05) is 0 Å². The first kappa shape index (κ1) is 34.5. The van der Waals surface area contributed by atoms with Crippen molar-refractivity contribution in [2.24, 2.45) is 0 Å². The summed E-state index contributed by atoms with van der Waals surface area (Å²) in [6.45, 7) is 0. The molecule has 13 aromatic rings. The number of para-hydroxylation sites is 2. The molecule has 0 saturated heterocycles. The van der Waals surface area contributed by atoms with Crippen molar-refractivity contribution in [1.82, 2.24) is 15.0 Å². The second kappa shape index (κ2) is 13.6. The summed E-state index contributed by atoms with van der Waals surface area (Å²) in [6, 6.07) is 70.0. The summed E-state index contributed by atoms with van der Waals surface area (Å²) >= 11 is 0. The second-order valence-corrected chi connectivity index (χ2v) is 16.0. The summed E-state index contributed by atoms with van der Waals surface area (Å²) in [5.41, 5.74) is 10.6. The first-order chi connectivity index (χ1) is 30.7. The van der Waals surface area contributed by atoms with Gasteiger partial charge in [-0.1, -0.05) is 140 Å². The van der Waals surface area contributed by atoms with Gasteiger partial charge in [-0.3, -0.25) is 0 Å². The number of hydrogen-bond donors (Lipinski definition) is 0. The highest BCUT2D eigenvalue weighted by Gasteiger charge is 2.19. The van der Waals surface area contributed by atoms with Crippen LogP contribution >= 0.6 is 0 Å². The molecule has 0 N–H and O–H groups in total. The first-order valence-corrected chi connectivity index (χ1v) is 20.8. The number of furan rings is 2. The Morgan fingerprint density at radius 2 is 0.823 bits per heavy atom. The van der Waals surface area contributed by atoms with Crippen LogP contribution < -0.4 is 0 Å². The predicted molar refractivity (Wildman–Crippen MR) is 254 cm³/mol. The van der Waals surface area contributed by atoms with E-state index in [0.717, 1.165) is 110 Å². The summed E-state index contributed by atoms with van der Waals surface area (Å²) in [4.78, 5) is 15.8. The smallest absolute Gasteiger partial charge is 0.164 e. The lowest BCUT2D eigenvalue weighted by molar-refractivity contribution is 0.669. The lowest BCUT2D eigenvalue weighted by Crippen LogP contribution is -2.00. The zero-order valence-electron chi connectivity index (χ0n) is 33.2. The Bertz CT molecular complexity index is 3940. The Labute approximate surface area is 355 Å². The van der Waals surface area contributed by atoms with Gasteiger partial charge in [0.1, 0.15) is 22.3 Å². The van der Waals surface area contributed by atoms with Crippen LogP contribution in [0.5, 0.6) is 0 Å². The zero-order chi connectivity index (χ0) is 40.7. The molecule has 5 nitrogen and oxygen atoms in total. The van der Waals surface area contributed by atoms with Crippen LogP contribution in [0.25, 0.3) is 133 Å². The molecule has 0 saturated carbocycles. The van der Waals surface area contributed by atoms with Gasteiger partial charge in [0.2, 0.25) is 0 Å². The van der Waals surface area contributed by atoms with Gasteiger partial charge in [-0.15, -0.1) is 0 Å². The minimum absolute atomic E-state index is 0.590. The molecule has 0 bridgehead atoms. The summed E-state index contributed by atoms with van der Waals surface area (Å²) in [6.07, 6.45) is 0. The third kappa shape index (κ3) is 5.60. The Morgan fingerprint density at radius 1 is 0.258 bits per heavy atom. The van der Waals surface area contributed by atoms with E-state index in [4.69, 9.17) is 23.8 Å². The fraction of sp³-hybridized carbons (Fsp3) is 0. The summed E-state index contributed by atoms with van der Waals surface area (Å²) in [7, 11) is 0. The van der Waals surface area contributed by atoms with Crippen LogP contribution in [0.3, 0.4) is 0 Å². The molecular formula is C57H33N3O2. The van der Waals surface area contributed by atoms with Gasteiger partial charge in [0, 0.05) is 38.2 Å². The maximum absolute atomic E-state index is 6.36. The van der Waals surface area contributed by atoms with Crippen molar-refractivity contribution < 1.29 is 8.83 Å². The molecule has 3 aromatic heterocycles. The van der Waals surface area contributed by atoms with E-state index in [9.17, 15) is 0 Å². The Hall–Kier alpha value is -8.41. The maximum atomic E-state index is 6.36. The molecule has 0 aliphatic rings. The average Bonchev–Trinajstić information content (AvgIpc) is 3.90. The largest absolute Gasteiger partial charge is 0.456 e. The number of nitrogens with zero attached hydrogens (tertiary/aromatic N) is 3. The molecule has 0 aliphatic carbocycles. The summed E-state index contributed by atoms with van der Waals surface area (Å²) < 4.78 is 12.7. The molecule has 0 radical (unpaired) electrons.